The number of anilines is 1. The van der Waals surface area contributed by atoms with Crippen LogP contribution in [-0.2, 0) is 7.05 Å². The third kappa shape index (κ3) is 1.16. The second-order valence-electron chi connectivity index (χ2n) is 2.33. The molecule has 10 heavy (non-hydrogen) atoms. The fraction of sp³-hybridized carbons (Fsp3) is 0.500. The van der Waals surface area contributed by atoms with Crippen LogP contribution in [0.2, 0.25) is 0 Å². The maximum atomic E-state index is 4.16. The number of imidazole rings is 1. The summed E-state index contributed by atoms with van der Waals surface area (Å²) in [4.78, 5) is 6.12. The summed E-state index contributed by atoms with van der Waals surface area (Å²) in [6, 6.07) is 0. The van der Waals surface area contributed by atoms with Crippen LogP contribution in [0.4, 0.5) is 5.95 Å². The Morgan fingerprint density at radius 2 is 2.20 bits per heavy atom. The van der Waals surface area contributed by atoms with E-state index in [0.29, 0.717) is 0 Å². The molecule has 3 nitrogen and oxygen atoms in total. The highest BCUT2D eigenvalue weighted by atomic mass is 79.9. The first kappa shape index (κ1) is 7.60. The molecule has 0 saturated heterocycles. The van der Waals surface area contributed by atoms with Gasteiger partial charge in [0.2, 0.25) is 5.95 Å². The molecule has 0 aliphatic rings. The number of rotatable bonds is 1. The van der Waals surface area contributed by atoms with Gasteiger partial charge in [0.25, 0.3) is 0 Å². The molecule has 0 radical (unpaired) electrons. The fourth-order valence-electron chi connectivity index (χ4n) is 0.795. The molecule has 0 aromatic carbocycles. The van der Waals surface area contributed by atoms with Crippen LogP contribution in [0.3, 0.4) is 0 Å². The van der Waals surface area contributed by atoms with Crippen molar-refractivity contribution in [2.75, 3.05) is 19.0 Å². The van der Waals surface area contributed by atoms with E-state index in [1.165, 1.54) is 0 Å². The lowest BCUT2D eigenvalue weighted by Crippen LogP contribution is -2.13. The van der Waals surface area contributed by atoms with Crippen molar-refractivity contribution in [3.63, 3.8) is 0 Å². The van der Waals surface area contributed by atoms with Gasteiger partial charge in [-0.05, 0) is 15.9 Å². The topological polar surface area (TPSA) is 21.1 Å². The van der Waals surface area contributed by atoms with Crippen molar-refractivity contribution in [2.24, 2.45) is 7.05 Å². The molecular weight excluding hydrogens is 194 g/mol. The van der Waals surface area contributed by atoms with Crippen LogP contribution < -0.4 is 4.90 Å². The summed E-state index contributed by atoms with van der Waals surface area (Å²) in [5.74, 6) is 0.951. The summed E-state index contributed by atoms with van der Waals surface area (Å²) in [5.41, 5.74) is 0. The monoisotopic (exact) mass is 203 g/mol. The van der Waals surface area contributed by atoms with Crippen molar-refractivity contribution >= 4 is 21.9 Å². The number of hydrogen-bond donors (Lipinski definition) is 0. The van der Waals surface area contributed by atoms with Gasteiger partial charge in [-0.2, -0.15) is 0 Å². The lowest BCUT2D eigenvalue weighted by Gasteiger charge is -2.10. The average molecular weight is 204 g/mol. The lowest BCUT2D eigenvalue weighted by molar-refractivity contribution is 0.851. The zero-order valence-electron chi connectivity index (χ0n) is 6.30. The molecule has 0 unspecified atom stereocenters. The Bertz CT molecular complexity index is 229. The zero-order chi connectivity index (χ0) is 7.72. The van der Waals surface area contributed by atoms with Gasteiger partial charge in [-0.25, -0.2) is 4.98 Å². The second-order valence-corrected chi connectivity index (χ2v) is 3.15. The van der Waals surface area contributed by atoms with Crippen molar-refractivity contribution in [1.82, 2.24) is 9.55 Å². The Labute approximate surface area is 68.8 Å². The van der Waals surface area contributed by atoms with Gasteiger partial charge in [0.15, 0.2) is 0 Å². The molecule has 1 heterocycles. The lowest BCUT2D eigenvalue weighted by atomic mass is 10.8. The molecule has 56 valence electrons. The third-order valence-electron chi connectivity index (χ3n) is 1.31. The number of halogens is 1. The van der Waals surface area contributed by atoms with Crippen LogP contribution in [-0.4, -0.2) is 23.6 Å². The molecule has 1 aromatic rings. The van der Waals surface area contributed by atoms with Crippen LogP contribution >= 0.6 is 15.9 Å². The van der Waals surface area contributed by atoms with E-state index < -0.39 is 0 Å². The molecule has 1 rings (SSSR count). The van der Waals surface area contributed by atoms with Crippen molar-refractivity contribution in [1.29, 1.82) is 0 Å². The quantitative estimate of drug-likeness (QED) is 0.686. The predicted octanol–water partition coefficient (Wildman–Crippen LogP) is 1.25. The summed E-state index contributed by atoms with van der Waals surface area (Å²) in [6.07, 6.45) is 1.79. The molecule has 0 fully saturated rings. The Morgan fingerprint density at radius 3 is 2.40 bits per heavy atom. The normalized spacial score (nSPS) is 10.0. The molecule has 0 saturated carbocycles. The number of nitrogens with zero attached hydrogens (tertiary/aromatic N) is 3. The van der Waals surface area contributed by atoms with E-state index in [1.807, 2.05) is 30.6 Å². The molecule has 0 spiro atoms. The summed E-state index contributed by atoms with van der Waals surface area (Å²) >= 11 is 3.36. The highest BCUT2D eigenvalue weighted by Crippen LogP contribution is 2.15. The van der Waals surface area contributed by atoms with Gasteiger partial charge in [-0.3, -0.25) is 0 Å². The van der Waals surface area contributed by atoms with Gasteiger partial charge >= 0.3 is 0 Å². The Morgan fingerprint density at radius 1 is 1.60 bits per heavy atom. The number of hydrogen-bond acceptors (Lipinski definition) is 2. The van der Waals surface area contributed by atoms with Crippen LogP contribution in [0.25, 0.3) is 0 Å². The molecule has 0 aliphatic carbocycles. The van der Waals surface area contributed by atoms with Gasteiger partial charge in [-0.1, -0.05) is 0 Å². The highest BCUT2D eigenvalue weighted by Gasteiger charge is 2.03. The van der Waals surface area contributed by atoms with Crippen LogP contribution in [0, 0.1) is 0 Å². The minimum absolute atomic E-state index is 0.951. The largest absolute Gasteiger partial charge is 0.348 e. The predicted molar refractivity (Wildman–Crippen MR) is 45.2 cm³/mol. The Kier molecular flexibility index (Phi) is 1.99. The maximum absolute atomic E-state index is 4.16. The van der Waals surface area contributed by atoms with E-state index in [4.69, 9.17) is 0 Å². The van der Waals surface area contributed by atoms with Crippen molar-refractivity contribution < 1.29 is 0 Å². The van der Waals surface area contributed by atoms with Crippen LogP contribution in [0.5, 0.6) is 0 Å². The average Bonchev–Trinajstić information content (AvgIpc) is 2.14. The Balaban J connectivity index is 3.05. The third-order valence-corrected chi connectivity index (χ3v) is 2.04. The zero-order valence-corrected chi connectivity index (χ0v) is 7.88. The molecule has 0 aliphatic heterocycles. The maximum Gasteiger partial charge on any atom is 0.205 e. The summed E-state index contributed by atoms with van der Waals surface area (Å²) < 4.78 is 2.97. The van der Waals surface area contributed by atoms with E-state index in [9.17, 15) is 0 Å². The van der Waals surface area contributed by atoms with Crippen LogP contribution in [0.1, 0.15) is 0 Å². The highest BCUT2D eigenvalue weighted by molar-refractivity contribution is 9.10. The fourth-order valence-corrected chi connectivity index (χ4v) is 1.06. The molecule has 0 atom stereocenters. The molecule has 0 N–H and O–H groups in total. The van der Waals surface area contributed by atoms with E-state index in [1.54, 1.807) is 6.20 Å². The van der Waals surface area contributed by atoms with Gasteiger partial charge in [0.05, 0.1) is 6.20 Å². The molecular formula is C6H10BrN3. The second kappa shape index (κ2) is 2.62. The summed E-state index contributed by atoms with van der Waals surface area (Å²) in [7, 11) is 5.90. The van der Waals surface area contributed by atoms with Crippen molar-refractivity contribution in [3.05, 3.63) is 10.8 Å². The smallest absolute Gasteiger partial charge is 0.205 e. The van der Waals surface area contributed by atoms with Gasteiger partial charge in [-0.15, -0.1) is 0 Å². The van der Waals surface area contributed by atoms with E-state index in [0.717, 1.165) is 10.6 Å². The molecule has 0 amide bonds. The van der Waals surface area contributed by atoms with Crippen LogP contribution in [0.15, 0.2) is 10.8 Å². The van der Waals surface area contributed by atoms with Gasteiger partial charge in [0, 0.05) is 21.1 Å². The molecule has 0 bridgehead atoms. The first-order chi connectivity index (χ1) is 4.63. The van der Waals surface area contributed by atoms with Gasteiger partial charge in [0.1, 0.15) is 4.60 Å². The van der Waals surface area contributed by atoms with E-state index in [2.05, 4.69) is 20.9 Å². The first-order valence-corrected chi connectivity index (χ1v) is 3.76. The minimum Gasteiger partial charge on any atom is -0.348 e. The van der Waals surface area contributed by atoms with E-state index >= 15 is 0 Å². The molecule has 1 aromatic heterocycles. The first-order valence-electron chi connectivity index (χ1n) is 2.97. The SMILES string of the molecule is CN(C)c1ncc(Br)n1C. The summed E-state index contributed by atoms with van der Waals surface area (Å²) in [5, 5.41) is 0. The summed E-state index contributed by atoms with van der Waals surface area (Å²) in [6.45, 7) is 0. The standard InChI is InChI=1S/C6H10BrN3/c1-9(2)6-8-4-5(7)10(6)3/h4H,1-3H3. The van der Waals surface area contributed by atoms with Crippen molar-refractivity contribution in [2.45, 2.75) is 0 Å². The Hall–Kier alpha value is -0.510. The van der Waals surface area contributed by atoms with Gasteiger partial charge < -0.3 is 9.47 Å². The van der Waals surface area contributed by atoms with Crippen molar-refractivity contribution in [3.8, 4) is 0 Å². The number of aromatic nitrogens is 2. The minimum atomic E-state index is 0.951. The molecule has 4 heteroatoms. The van der Waals surface area contributed by atoms with E-state index in [-0.39, 0.29) is 0 Å².